The molecular formula is C24H18FN3O3. The van der Waals surface area contributed by atoms with Crippen LogP contribution in [-0.4, -0.2) is 18.4 Å². The number of nitriles is 1. The SMILES string of the molecule is COc1ccccc1N=Cc1cc2c(cc1O)OC(N)=C(C#N)[C@@H]2c1cccc(F)c1. The third kappa shape index (κ3) is 3.79. The van der Waals surface area contributed by atoms with Crippen molar-refractivity contribution in [2.24, 2.45) is 10.7 Å². The standard InChI is InChI=1S/C24H18FN3O3/c1-30-21-8-3-2-7-19(21)28-13-15-10-17-22(11-20(15)29)31-24(27)18(12-26)23(17)14-5-4-6-16(25)9-14/h2-11,13,23,29H,27H2,1H3/t23-/m1/s1. The van der Waals surface area contributed by atoms with Crippen LogP contribution in [0.25, 0.3) is 0 Å². The number of aliphatic imine (C=N–C) groups is 1. The molecule has 0 saturated heterocycles. The smallest absolute Gasteiger partial charge is 0.205 e. The van der Waals surface area contributed by atoms with E-state index in [9.17, 15) is 14.8 Å². The second-order valence-electron chi connectivity index (χ2n) is 6.86. The van der Waals surface area contributed by atoms with Crippen molar-refractivity contribution in [1.29, 1.82) is 5.26 Å². The van der Waals surface area contributed by atoms with Crippen molar-refractivity contribution in [3.05, 3.63) is 94.6 Å². The quantitative estimate of drug-likeness (QED) is 0.611. The molecule has 1 atom stereocenters. The number of allylic oxidation sites excluding steroid dienone is 1. The third-order valence-electron chi connectivity index (χ3n) is 4.97. The molecule has 0 unspecified atom stereocenters. The molecular weight excluding hydrogens is 397 g/mol. The number of phenolic OH excluding ortho intramolecular Hbond substituents is 1. The van der Waals surface area contributed by atoms with E-state index in [0.29, 0.717) is 28.1 Å². The Labute approximate surface area is 178 Å². The first-order chi connectivity index (χ1) is 15.0. The van der Waals surface area contributed by atoms with Gasteiger partial charge < -0.3 is 20.3 Å². The number of fused-ring (bicyclic) bond motifs is 1. The van der Waals surface area contributed by atoms with Crippen LogP contribution in [0.3, 0.4) is 0 Å². The fourth-order valence-electron chi connectivity index (χ4n) is 3.52. The van der Waals surface area contributed by atoms with Crippen molar-refractivity contribution in [3.63, 3.8) is 0 Å². The van der Waals surface area contributed by atoms with Gasteiger partial charge in [-0.25, -0.2) is 4.39 Å². The molecule has 0 saturated carbocycles. The molecule has 3 aromatic rings. The van der Waals surface area contributed by atoms with Gasteiger partial charge in [0.1, 0.15) is 40.4 Å². The Hall–Kier alpha value is -4.31. The molecule has 7 heteroatoms. The summed E-state index contributed by atoms with van der Waals surface area (Å²) < 4.78 is 24.8. The highest BCUT2D eigenvalue weighted by molar-refractivity contribution is 5.87. The van der Waals surface area contributed by atoms with Crippen LogP contribution >= 0.6 is 0 Å². The number of ether oxygens (including phenoxy) is 2. The minimum absolute atomic E-state index is 0.0800. The van der Waals surface area contributed by atoms with Crippen molar-refractivity contribution in [2.75, 3.05) is 7.11 Å². The van der Waals surface area contributed by atoms with Gasteiger partial charge in [0.2, 0.25) is 5.88 Å². The van der Waals surface area contributed by atoms with Gasteiger partial charge in [-0.05, 0) is 35.9 Å². The zero-order valence-corrected chi connectivity index (χ0v) is 16.5. The Balaban J connectivity index is 1.83. The number of benzene rings is 3. The first-order valence-corrected chi connectivity index (χ1v) is 9.39. The zero-order valence-electron chi connectivity index (χ0n) is 16.5. The van der Waals surface area contributed by atoms with Crippen LogP contribution in [0.2, 0.25) is 0 Å². The molecule has 0 spiro atoms. The number of para-hydroxylation sites is 2. The Kier molecular flexibility index (Phi) is 5.29. The van der Waals surface area contributed by atoms with Crippen molar-refractivity contribution >= 4 is 11.9 Å². The maximum Gasteiger partial charge on any atom is 0.205 e. The molecule has 4 rings (SSSR count). The molecule has 0 fully saturated rings. The molecule has 1 aliphatic heterocycles. The van der Waals surface area contributed by atoms with E-state index in [2.05, 4.69) is 11.1 Å². The molecule has 0 amide bonds. The van der Waals surface area contributed by atoms with E-state index >= 15 is 0 Å². The van der Waals surface area contributed by atoms with Gasteiger partial charge in [-0.15, -0.1) is 0 Å². The molecule has 0 bridgehead atoms. The lowest BCUT2D eigenvalue weighted by molar-refractivity contribution is 0.388. The van der Waals surface area contributed by atoms with Gasteiger partial charge >= 0.3 is 0 Å². The van der Waals surface area contributed by atoms with Crippen molar-refractivity contribution in [2.45, 2.75) is 5.92 Å². The van der Waals surface area contributed by atoms with Gasteiger partial charge in [0, 0.05) is 23.4 Å². The number of phenols is 1. The molecule has 3 N–H and O–H groups in total. The highest BCUT2D eigenvalue weighted by Crippen LogP contribution is 2.44. The number of halogens is 1. The van der Waals surface area contributed by atoms with Crippen molar-refractivity contribution < 1.29 is 19.0 Å². The molecule has 3 aromatic carbocycles. The summed E-state index contributed by atoms with van der Waals surface area (Å²) in [6.45, 7) is 0. The highest BCUT2D eigenvalue weighted by atomic mass is 19.1. The molecule has 31 heavy (non-hydrogen) atoms. The molecule has 1 heterocycles. The van der Waals surface area contributed by atoms with Crippen LogP contribution in [0.1, 0.15) is 22.6 Å². The van der Waals surface area contributed by atoms with E-state index in [1.807, 2.05) is 12.1 Å². The van der Waals surface area contributed by atoms with Gasteiger partial charge in [0.25, 0.3) is 0 Å². The van der Waals surface area contributed by atoms with E-state index in [1.54, 1.807) is 37.4 Å². The summed E-state index contributed by atoms with van der Waals surface area (Å²) in [7, 11) is 1.55. The monoisotopic (exact) mass is 415 g/mol. The number of hydrogen-bond acceptors (Lipinski definition) is 6. The molecule has 6 nitrogen and oxygen atoms in total. The normalized spacial score (nSPS) is 15.3. The average molecular weight is 415 g/mol. The van der Waals surface area contributed by atoms with Gasteiger partial charge in [-0.3, -0.25) is 4.99 Å². The van der Waals surface area contributed by atoms with Crippen LogP contribution in [0.15, 0.2) is 77.1 Å². The predicted molar refractivity (Wildman–Crippen MR) is 114 cm³/mol. The highest BCUT2D eigenvalue weighted by Gasteiger charge is 2.31. The molecule has 0 aromatic heterocycles. The Morgan fingerprint density at radius 1 is 1.19 bits per heavy atom. The summed E-state index contributed by atoms with van der Waals surface area (Å²) in [6, 6.07) is 18.3. The number of rotatable bonds is 4. The predicted octanol–water partition coefficient (Wildman–Crippen LogP) is 4.51. The van der Waals surface area contributed by atoms with Gasteiger partial charge in [0.15, 0.2) is 0 Å². The fraction of sp³-hybridized carbons (Fsp3) is 0.0833. The number of nitrogens with zero attached hydrogens (tertiary/aromatic N) is 2. The maximum atomic E-state index is 13.9. The largest absolute Gasteiger partial charge is 0.507 e. The van der Waals surface area contributed by atoms with Gasteiger partial charge in [0.05, 0.1) is 13.0 Å². The van der Waals surface area contributed by atoms with E-state index in [-0.39, 0.29) is 23.0 Å². The zero-order chi connectivity index (χ0) is 22.0. The van der Waals surface area contributed by atoms with Crippen molar-refractivity contribution in [1.82, 2.24) is 0 Å². The number of nitrogens with two attached hydrogens (primary N) is 1. The van der Waals surface area contributed by atoms with Crippen LogP contribution in [0.5, 0.6) is 17.2 Å². The summed E-state index contributed by atoms with van der Waals surface area (Å²) in [6.07, 6.45) is 1.49. The number of hydrogen-bond donors (Lipinski definition) is 2. The molecule has 154 valence electrons. The van der Waals surface area contributed by atoms with Crippen LogP contribution in [0.4, 0.5) is 10.1 Å². The van der Waals surface area contributed by atoms with Crippen LogP contribution in [0, 0.1) is 17.1 Å². The first-order valence-electron chi connectivity index (χ1n) is 9.39. The summed E-state index contributed by atoms with van der Waals surface area (Å²) in [5.41, 5.74) is 8.20. The second kappa shape index (κ2) is 8.20. The molecule has 0 radical (unpaired) electrons. The van der Waals surface area contributed by atoms with Crippen molar-refractivity contribution in [3.8, 4) is 23.3 Å². The van der Waals surface area contributed by atoms with E-state index in [0.717, 1.165) is 0 Å². The van der Waals surface area contributed by atoms with Crippen LogP contribution in [-0.2, 0) is 0 Å². The molecule has 1 aliphatic rings. The lowest BCUT2D eigenvalue weighted by Crippen LogP contribution is -2.21. The lowest BCUT2D eigenvalue weighted by atomic mass is 9.83. The van der Waals surface area contributed by atoms with E-state index < -0.39 is 11.7 Å². The Bertz CT molecular complexity index is 1260. The van der Waals surface area contributed by atoms with E-state index in [4.69, 9.17) is 15.2 Å². The second-order valence-corrected chi connectivity index (χ2v) is 6.86. The maximum absolute atomic E-state index is 13.9. The number of methoxy groups -OCH3 is 1. The minimum Gasteiger partial charge on any atom is -0.507 e. The molecule has 0 aliphatic carbocycles. The lowest BCUT2D eigenvalue weighted by Gasteiger charge is -2.27. The summed E-state index contributed by atoms with van der Waals surface area (Å²) in [4.78, 5) is 4.41. The average Bonchev–Trinajstić information content (AvgIpc) is 2.77. The van der Waals surface area contributed by atoms with Gasteiger partial charge in [-0.1, -0.05) is 24.3 Å². The fourth-order valence-corrected chi connectivity index (χ4v) is 3.52. The number of aromatic hydroxyl groups is 1. The van der Waals surface area contributed by atoms with Crippen LogP contribution < -0.4 is 15.2 Å². The third-order valence-corrected chi connectivity index (χ3v) is 4.97. The summed E-state index contributed by atoms with van der Waals surface area (Å²) >= 11 is 0. The van der Waals surface area contributed by atoms with Gasteiger partial charge in [-0.2, -0.15) is 5.26 Å². The first kappa shape index (κ1) is 20.0. The summed E-state index contributed by atoms with van der Waals surface area (Å²) in [5, 5.41) is 20.2. The van der Waals surface area contributed by atoms with E-state index in [1.165, 1.54) is 24.4 Å². The Morgan fingerprint density at radius 3 is 2.74 bits per heavy atom. The topological polar surface area (TPSA) is 101 Å². The summed E-state index contributed by atoms with van der Waals surface area (Å²) in [5.74, 6) is -0.373. The Morgan fingerprint density at radius 2 is 2.00 bits per heavy atom. The minimum atomic E-state index is -0.650.